The Labute approximate surface area is 260 Å². The number of imide groups is 1. The van der Waals surface area contributed by atoms with E-state index in [2.05, 4.69) is 30.8 Å². The number of hydrogen-bond donors (Lipinski definition) is 5. The van der Waals surface area contributed by atoms with Gasteiger partial charge >= 0.3 is 0 Å². The molecule has 0 unspecified atom stereocenters. The van der Waals surface area contributed by atoms with E-state index in [-0.39, 0.29) is 30.7 Å². The normalized spacial score (nSPS) is 17.1. The Hall–Kier alpha value is -4.65. The number of tetrazole rings is 1. The lowest BCUT2D eigenvalue weighted by Gasteiger charge is -2.32. The number of amides is 2. The molecule has 44 heavy (non-hydrogen) atoms. The number of benzene rings is 3. The number of fused-ring (bicyclic) bond motifs is 1. The van der Waals surface area contributed by atoms with Gasteiger partial charge in [-0.25, -0.2) is 4.90 Å². The highest BCUT2D eigenvalue weighted by Crippen LogP contribution is 2.33. The van der Waals surface area contributed by atoms with Crippen molar-refractivity contribution in [2.24, 2.45) is 23.3 Å². The first-order chi connectivity index (χ1) is 20.9. The molecule has 13 heteroatoms. The Bertz CT molecular complexity index is 1710. The summed E-state index contributed by atoms with van der Waals surface area (Å²) in [5.74, 6) is 0.317. The van der Waals surface area contributed by atoms with E-state index in [0.717, 1.165) is 40.4 Å². The molecule has 3 aromatic carbocycles. The molecule has 0 spiro atoms. The molecule has 1 atom stereocenters. The Balaban J connectivity index is 0.00000384. The minimum absolute atomic E-state index is 0. The van der Waals surface area contributed by atoms with Gasteiger partial charge in [-0.2, -0.15) is 10.3 Å². The van der Waals surface area contributed by atoms with E-state index in [1.54, 1.807) is 24.3 Å². The van der Waals surface area contributed by atoms with Gasteiger partial charge in [0, 0.05) is 11.5 Å². The smallest absolute Gasteiger partial charge is 0.251 e. The van der Waals surface area contributed by atoms with Crippen LogP contribution in [0.1, 0.15) is 31.2 Å². The van der Waals surface area contributed by atoms with Crippen molar-refractivity contribution in [3.63, 3.8) is 0 Å². The molecule has 228 valence electrons. The number of nitrogens with zero attached hydrogens (tertiary/aromatic N) is 5. The number of carbonyl (C=O) groups is 2. The number of carbonyl (C=O) groups excluding carboxylic acids is 2. The molecular formula is C31H35ClN10O2. The van der Waals surface area contributed by atoms with Crippen molar-refractivity contribution in [2.45, 2.75) is 38.1 Å². The Morgan fingerprint density at radius 2 is 1.64 bits per heavy atom. The molecule has 2 amide bonds. The molecule has 1 fully saturated rings. The van der Waals surface area contributed by atoms with Crippen LogP contribution in [-0.2, 0) is 16.0 Å². The maximum Gasteiger partial charge on any atom is 0.251 e. The van der Waals surface area contributed by atoms with Crippen molar-refractivity contribution in [3.8, 4) is 22.5 Å². The molecule has 1 aliphatic rings. The summed E-state index contributed by atoms with van der Waals surface area (Å²) in [6, 6.07) is 19.7. The van der Waals surface area contributed by atoms with Gasteiger partial charge in [-0.05, 0) is 96.8 Å². The summed E-state index contributed by atoms with van der Waals surface area (Å²) in [7, 11) is 0. The van der Waals surface area contributed by atoms with Gasteiger partial charge in [0.1, 0.15) is 0 Å². The largest absolute Gasteiger partial charge is 0.382 e. The van der Waals surface area contributed by atoms with E-state index in [0.29, 0.717) is 48.2 Å². The summed E-state index contributed by atoms with van der Waals surface area (Å²) < 4.78 is 0. The minimum atomic E-state index is -0.931. The van der Waals surface area contributed by atoms with Crippen LogP contribution in [0.25, 0.3) is 33.4 Å². The number of nitrogens with two attached hydrogens (primary N) is 3. The van der Waals surface area contributed by atoms with Gasteiger partial charge in [0.25, 0.3) is 5.91 Å². The molecule has 2 heterocycles. The van der Waals surface area contributed by atoms with Crippen LogP contribution < -0.4 is 22.1 Å². The van der Waals surface area contributed by atoms with Crippen molar-refractivity contribution in [3.05, 3.63) is 72.3 Å². The van der Waals surface area contributed by atoms with Crippen molar-refractivity contribution in [2.75, 3.05) is 17.2 Å². The van der Waals surface area contributed by atoms with Crippen LogP contribution in [0.4, 0.5) is 11.5 Å². The molecule has 0 saturated heterocycles. The van der Waals surface area contributed by atoms with E-state index in [1.807, 2.05) is 42.5 Å². The summed E-state index contributed by atoms with van der Waals surface area (Å²) >= 11 is 0. The van der Waals surface area contributed by atoms with E-state index < -0.39 is 11.9 Å². The second-order valence-corrected chi connectivity index (χ2v) is 11.1. The average molecular weight is 615 g/mol. The zero-order valence-electron chi connectivity index (χ0n) is 24.0. The van der Waals surface area contributed by atoms with Crippen molar-refractivity contribution < 1.29 is 9.59 Å². The van der Waals surface area contributed by atoms with Crippen LogP contribution >= 0.6 is 12.4 Å². The summed E-state index contributed by atoms with van der Waals surface area (Å²) in [6.45, 7) is 0.607. The Morgan fingerprint density at radius 1 is 0.932 bits per heavy atom. The van der Waals surface area contributed by atoms with E-state index in [4.69, 9.17) is 17.2 Å². The highest BCUT2D eigenvalue weighted by atomic mass is 35.5. The second kappa shape index (κ2) is 13.3. The fourth-order valence-electron chi connectivity index (χ4n) is 5.90. The molecule has 1 aliphatic carbocycles. The van der Waals surface area contributed by atoms with Gasteiger partial charge in [0.05, 0.1) is 22.6 Å². The van der Waals surface area contributed by atoms with E-state index in [1.165, 1.54) is 4.90 Å². The van der Waals surface area contributed by atoms with E-state index >= 15 is 0 Å². The number of aromatic nitrogens is 6. The van der Waals surface area contributed by atoms with Crippen LogP contribution in [0.15, 0.2) is 66.7 Å². The maximum atomic E-state index is 13.9. The lowest BCUT2D eigenvalue weighted by Crippen LogP contribution is -2.50. The molecular weight excluding hydrogens is 580 g/mol. The third kappa shape index (κ3) is 6.18. The van der Waals surface area contributed by atoms with E-state index in [9.17, 15) is 9.59 Å². The summed E-state index contributed by atoms with van der Waals surface area (Å²) in [5, 5.41) is 22.0. The summed E-state index contributed by atoms with van der Waals surface area (Å²) in [5.41, 5.74) is 23.3. The monoisotopic (exact) mass is 614 g/mol. The Morgan fingerprint density at radius 3 is 2.30 bits per heavy atom. The molecule has 0 radical (unpaired) electrons. The van der Waals surface area contributed by atoms with Gasteiger partial charge in [0.2, 0.25) is 11.7 Å². The van der Waals surface area contributed by atoms with Gasteiger partial charge in [-0.3, -0.25) is 14.7 Å². The van der Waals surface area contributed by atoms with Crippen molar-refractivity contribution >= 4 is 46.6 Å². The van der Waals surface area contributed by atoms with Crippen LogP contribution in [-0.4, -0.2) is 55.2 Å². The maximum absolute atomic E-state index is 13.9. The minimum Gasteiger partial charge on any atom is -0.382 e. The highest BCUT2D eigenvalue weighted by Gasteiger charge is 2.35. The number of nitrogens with one attached hydrogen (secondary N) is 2. The van der Waals surface area contributed by atoms with Gasteiger partial charge in [-0.1, -0.05) is 36.4 Å². The van der Waals surface area contributed by atoms with Crippen LogP contribution in [0.2, 0.25) is 0 Å². The average Bonchev–Trinajstić information content (AvgIpc) is 3.72. The fraction of sp³-hybridized carbons (Fsp3) is 0.290. The lowest BCUT2D eigenvalue weighted by molar-refractivity contribution is -0.130. The number of nitrogen functional groups attached to an aromatic ring is 1. The summed E-state index contributed by atoms with van der Waals surface area (Å²) in [4.78, 5) is 29.0. The molecule has 0 bridgehead atoms. The van der Waals surface area contributed by atoms with Crippen LogP contribution in [0.3, 0.4) is 0 Å². The quantitative estimate of drug-likeness (QED) is 0.173. The molecule has 12 nitrogen and oxygen atoms in total. The van der Waals surface area contributed by atoms with Gasteiger partial charge < -0.3 is 17.2 Å². The van der Waals surface area contributed by atoms with Gasteiger partial charge in [-0.15, -0.1) is 22.6 Å². The second-order valence-electron chi connectivity index (χ2n) is 11.1. The number of H-pyrrole nitrogens is 2. The molecule has 2 aromatic heterocycles. The predicted octanol–water partition coefficient (Wildman–Crippen LogP) is 3.61. The zero-order chi connectivity index (χ0) is 29.9. The number of halogens is 1. The van der Waals surface area contributed by atoms with Crippen molar-refractivity contribution in [1.29, 1.82) is 0 Å². The van der Waals surface area contributed by atoms with Gasteiger partial charge in [0.15, 0.2) is 5.82 Å². The molecule has 5 aromatic rings. The molecule has 6 rings (SSSR count). The predicted molar refractivity (Wildman–Crippen MR) is 171 cm³/mol. The fourth-order valence-corrected chi connectivity index (χ4v) is 5.90. The Kier molecular flexibility index (Phi) is 9.33. The molecule has 0 aliphatic heterocycles. The number of aromatic amines is 2. The lowest BCUT2D eigenvalue weighted by atomic mass is 9.81. The molecule has 1 saturated carbocycles. The third-order valence-corrected chi connectivity index (χ3v) is 8.35. The first kappa shape index (κ1) is 30.8. The topological polar surface area (TPSA) is 199 Å². The SMILES string of the molecule is Cl.NC[C@H]1CC[C@H](C(=O)N(C(=O)[C@@H](N)Cc2ccc(-c3cccc4[nH]nc(N)c34)cc2)c2ccc(-c3nn[nH]n3)cc2)CC1. The molecule has 8 N–H and O–H groups in total. The van der Waals surface area contributed by atoms with Crippen LogP contribution in [0.5, 0.6) is 0 Å². The van der Waals surface area contributed by atoms with Crippen molar-refractivity contribution in [1.82, 2.24) is 30.8 Å². The highest BCUT2D eigenvalue weighted by molar-refractivity contribution is 6.17. The number of anilines is 2. The first-order valence-electron chi connectivity index (χ1n) is 14.4. The zero-order valence-corrected chi connectivity index (χ0v) is 24.8. The number of rotatable bonds is 8. The number of hydrogen-bond acceptors (Lipinski definition) is 9. The standard InChI is InChI=1S/C31H34N10O2.ClH/c32-17-19-6-10-22(11-7-19)30(42)41(23-14-12-21(13-15-23)29-37-39-40-38-29)31(43)25(33)16-18-4-8-20(9-5-18)24-2-1-3-26-27(24)28(34)36-35-26;/h1-5,8-9,12-15,19,22,25H,6-7,10-11,16-17,32-33H2,(H3,34,35,36)(H,37,38,39,40);1H/t19-,22-,25-;/m0./s1. The third-order valence-electron chi connectivity index (χ3n) is 8.35. The van der Waals surface area contributed by atoms with Crippen LogP contribution in [0, 0.1) is 11.8 Å². The summed E-state index contributed by atoms with van der Waals surface area (Å²) in [6.07, 6.45) is 3.37. The first-order valence-corrected chi connectivity index (χ1v) is 14.4.